The van der Waals surface area contributed by atoms with Crippen LogP contribution in [0.3, 0.4) is 0 Å². The molecule has 1 heterocycles. The number of carbonyl (C=O) groups is 1. The van der Waals surface area contributed by atoms with Crippen LogP contribution in [0.1, 0.15) is 35.7 Å². The highest BCUT2D eigenvalue weighted by molar-refractivity contribution is 5.87. The molecule has 1 saturated heterocycles. The van der Waals surface area contributed by atoms with Crippen LogP contribution in [0, 0.1) is 0 Å². The number of hydrogen-bond acceptors (Lipinski definition) is 3. The molecule has 1 aliphatic heterocycles. The lowest BCUT2D eigenvalue weighted by molar-refractivity contribution is 0.0696. The highest BCUT2D eigenvalue weighted by Crippen LogP contribution is 2.10. The van der Waals surface area contributed by atoms with E-state index in [-0.39, 0.29) is 0 Å². The third kappa shape index (κ3) is 4.32. The highest BCUT2D eigenvalue weighted by atomic mass is 16.4. The van der Waals surface area contributed by atoms with Gasteiger partial charge in [-0.05, 0) is 50.2 Å². The molecule has 110 valence electrons. The summed E-state index contributed by atoms with van der Waals surface area (Å²) in [4.78, 5) is 15.9. The van der Waals surface area contributed by atoms with Crippen molar-refractivity contribution >= 4 is 5.97 Å². The zero-order valence-corrected chi connectivity index (χ0v) is 12.2. The molecule has 0 saturated carbocycles. The number of benzene rings is 1. The van der Waals surface area contributed by atoms with E-state index >= 15 is 0 Å². The molecule has 0 unspecified atom stereocenters. The standard InChI is InChI=1S/C16H24N2O2/c1-2-17(10-11-18-8-3-4-9-18)13-14-6-5-7-15(12-14)16(19)20/h5-7,12H,2-4,8-11,13H2,1H3,(H,19,20). The van der Waals surface area contributed by atoms with Gasteiger partial charge in [0, 0.05) is 19.6 Å². The fraction of sp³-hybridized carbons (Fsp3) is 0.562. The summed E-state index contributed by atoms with van der Waals surface area (Å²) in [5.74, 6) is -0.855. The highest BCUT2D eigenvalue weighted by Gasteiger charge is 2.13. The lowest BCUT2D eigenvalue weighted by atomic mass is 10.1. The Morgan fingerprint density at radius 2 is 2.10 bits per heavy atom. The van der Waals surface area contributed by atoms with Crippen molar-refractivity contribution in [2.45, 2.75) is 26.3 Å². The van der Waals surface area contributed by atoms with Crippen molar-refractivity contribution in [3.63, 3.8) is 0 Å². The van der Waals surface area contributed by atoms with Crippen LogP contribution in [0.4, 0.5) is 0 Å². The van der Waals surface area contributed by atoms with Crippen LogP contribution >= 0.6 is 0 Å². The van der Waals surface area contributed by atoms with E-state index in [1.165, 1.54) is 25.9 Å². The van der Waals surface area contributed by atoms with E-state index in [2.05, 4.69) is 16.7 Å². The first kappa shape index (κ1) is 15.0. The van der Waals surface area contributed by atoms with Crippen LogP contribution in [0.5, 0.6) is 0 Å². The van der Waals surface area contributed by atoms with Gasteiger partial charge in [-0.1, -0.05) is 19.1 Å². The Balaban J connectivity index is 1.88. The van der Waals surface area contributed by atoms with Crippen LogP contribution in [-0.4, -0.2) is 53.6 Å². The maximum Gasteiger partial charge on any atom is 0.335 e. The second kappa shape index (κ2) is 7.41. The summed E-state index contributed by atoms with van der Waals surface area (Å²) in [6.45, 7) is 8.60. The summed E-state index contributed by atoms with van der Waals surface area (Å²) >= 11 is 0. The number of carboxylic acids is 1. The summed E-state index contributed by atoms with van der Waals surface area (Å²) in [6, 6.07) is 7.26. The van der Waals surface area contributed by atoms with Gasteiger partial charge < -0.3 is 10.0 Å². The van der Waals surface area contributed by atoms with Gasteiger partial charge in [0.25, 0.3) is 0 Å². The zero-order valence-electron chi connectivity index (χ0n) is 12.2. The zero-order chi connectivity index (χ0) is 14.4. The first-order valence-corrected chi connectivity index (χ1v) is 7.46. The van der Waals surface area contributed by atoms with Gasteiger partial charge in [0.05, 0.1) is 5.56 Å². The molecular formula is C16H24N2O2. The summed E-state index contributed by atoms with van der Waals surface area (Å²) < 4.78 is 0. The molecule has 1 aromatic carbocycles. The Labute approximate surface area is 121 Å². The van der Waals surface area contributed by atoms with Crippen molar-refractivity contribution in [2.75, 3.05) is 32.7 Å². The number of hydrogen-bond donors (Lipinski definition) is 1. The number of rotatable bonds is 7. The second-order valence-corrected chi connectivity index (χ2v) is 5.42. The van der Waals surface area contributed by atoms with E-state index in [1.807, 2.05) is 12.1 Å². The summed E-state index contributed by atoms with van der Waals surface area (Å²) in [7, 11) is 0. The van der Waals surface area contributed by atoms with Crippen molar-refractivity contribution in [3.05, 3.63) is 35.4 Å². The maximum absolute atomic E-state index is 11.0. The van der Waals surface area contributed by atoms with E-state index in [4.69, 9.17) is 5.11 Å². The van der Waals surface area contributed by atoms with Gasteiger partial charge in [-0.25, -0.2) is 4.79 Å². The molecule has 0 aromatic heterocycles. The van der Waals surface area contributed by atoms with Crippen molar-refractivity contribution in [1.82, 2.24) is 9.80 Å². The monoisotopic (exact) mass is 276 g/mol. The molecule has 0 spiro atoms. The van der Waals surface area contributed by atoms with Crippen LogP contribution < -0.4 is 0 Å². The fourth-order valence-corrected chi connectivity index (χ4v) is 2.70. The molecule has 4 heteroatoms. The van der Waals surface area contributed by atoms with Crippen molar-refractivity contribution < 1.29 is 9.90 Å². The van der Waals surface area contributed by atoms with Crippen LogP contribution in [0.15, 0.2) is 24.3 Å². The van der Waals surface area contributed by atoms with Crippen LogP contribution in [-0.2, 0) is 6.54 Å². The molecular weight excluding hydrogens is 252 g/mol. The molecule has 4 nitrogen and oxygen atoms in total. The SMILES string of the molecule is CCN(CCN1CCCC1)Cc1cccc(C(=O)O)c1. The van der Waals surface area contributed by atoms with E-state index in [0.29, 0.717) is 5.56 Å². The predicted molar refractivity (Wildman–Crippen MR) is 80.0 cm³/mol. The normalized spacial score (nSPS) is 15.9. The third-order valence-corrected chi connectivity index (χ3v) is 3.96. The average Bonchev–Trinajstić information content (AvgIpc) is 2.97. The van der Waals surface area contributed by atoms with Crippen molar-refractivity contribution in [3.8, 4) is 0 Å². The molecule has 1 aromatic rings. The maximum atomic E-state index is 11.0. The van der Waals surface area contributed by atoms with Gasteiger partial charge in [0.15, 0.2) is 0 Å². The number of likely N-dealkylation sites (tertiary alicyclic amines) is 1. The van der Waals surface area contributed by atoms with E-state index < -0.39 is 5.97 Å². The van der Waals surface area contributed by atoms with Gasteiger partial charge in [-0.15, -0.1) is 0 Å². The third-order valence-electron chi connectivity index (χ3n) is 3.96. The minimum Gasteiger partial charge on any atom is -0.478 e. The summed E-state index contributed by atoms with van der Waals surface area (Å²) in [5.41, 5.74) is 1.45. The molecule has 0 bridgehead atoms. The molecule has 0 amide bonds. The Bertz CT molecular complexity index is 442. The minimum atomic E-state index is -0.855. The lowest BCUT2D eigenvalue weighted by Crippen LogP contribution is -2.33. The molecule has 2 rings (SSSR count). The molecule has 20 heavy (non-hydrogen) atoms. The number of aromatic carboxylic acids is 1. The Morgan fingerprint density at radius 1 is 1.35 bits per heavy atom. The topological polar surface area (TPSA) is 43.8 Å². The van der Waals surface area contributed by atoms with Gasteiger partial charge in [0.1, 0.15) is 0 Å². The molecule has 0 aliphatic carbocycles. The first-order valence-electron chi connectivity index (χ1n) is 7.46. The van der Waals surface area contributed by atoms with E-state index in [9.17, 15) is 4.79 Å². The predicted octanol–water partition coefficient (Wildman–Crippen LogP) is 2.30. The van der Waals surface area contributed by atoms with Gasteiger partial charge in [-0.3, -0.25) is 4.90 Å². The Hall–Kier alpha value is -1.39. The van der Waals surface area contributed by atoms with E-state index in [1.54, 1.807) is 12.1 Å². The van der Waals surface area contributed by atoms with Crippen molar-refractivity contribution in [2.24, 2.45) is 0 Å². The molecule has 1 N–H and O–H groups in total. The Kier molecular flexibility index (Phi) is 5.56. The van der Waals surface area contributed by atoms with Gasteiger partial charge in [0.2, 0.25) is 0 Å². The van der Waals surface area contributed by atoms with Crippen LogP contribution in [0.2, 0.25) is 0 Å². The molecule has 0 radical (unpaired) electrons. The van der Waals surface area contributed by atoms with E-state index in [0.717, 1.165) is 31.7 Å². The van der Waals surface area contributed by atoms with Gasteiger partial charge >= 0.3 is 5.97 Å². The average molecular weight is 276 g/mol. The summed E-state index contributed by atoms with van der Waals surface area (Å²) in [5, 5.41) is 9.03. The van der Waals surface area contributed by atoms with Gasteiger partial charge in [-0.2, -0.15) is 0 Å². The van der Waals surface area contributed by atoms with Crippen molar-refractivity contribution in [1.29, 1.82) is 0 Å². The molecule has 0 atom stereocenters. The molecule has 1 fully saturated rings. The fourth-order valence-electron chi connectivity index (χ4n) is 2.70. The summed E-state index contributed by atoms with van der Waals surface area (Å²) in [6.07, 6.45) is 2.65. The first-order chi connectivity index (χ1) is 9.69. The number of nitrogens with zero attached hydrogens (tertiary/aromatic N) is 2. The number of likely N-dealkylation sites (N-methyl/N-ethyl adjacent to an activating group) is 1. The Morgan fingerprint density at radius 3 is 2.75 bits per heavy atom. The smallest absolute Gasteiger partial charge is 0.335 e. The molecule has 1 aliphatic rings. The number of carboxylic acid groups (broad SMARTS) is 1. The lowest BCUT2D eigenvalue weighted by Gasteiger charge is -2.24. The second-order valence-electron chi connectivity index (χ2n) is 5.42. The van der Waals surface area contributed by atoms with Crippen LogP contribution in [0.25, 0.3) is 0 Å². The minimum absolute atomic E-state index is 0.373. The quantitative estimate of drug-likeness (QED) is 0.830. The largest absolute Gasteiger partial charge is 0.478 e.